The zero-order valence-corrected chi connectivity index (χ0v) is 16.0. The highest BCUT2D eigenvalue weighted by Gasteiger charge is 2.35. The standard InChI is InChI=1S/C22H25N3O3/c1-2-28-19-11-9-17(10-12-19)23-22(27)24-18-8-7-15-4-3-13-25(20(15)14-18)21(26)16-5-6-16/h7-12,14,16H,2-6,13H2,1H3,(H2,23,24,27). The van der Waals surface area contributed by atoms with Gasteiger partial charge >= 0.3 is 6.03 Å². The Hall–Kier alpha value is -3.02. The molecule has 0 aromatic heterocycles. The summed E-state index contributed by atoms with van der Waals surface area (Å²) in [5.41, 5.74) is 3.46. The summed E-state index contributed by atoms with van der Waals surface area (Å²) >= 11 is 0. The summed E-state index contributed by atoms with van der Waals surface area (Å²) in [5, 5.41) is 5.68. The number of hydrogen-bond acceptors (Lipinski definition) is 3. The zero-order valence-electron chi connectivity index (χ0n) is 16.0. The maximum atomic E-state index is 12.6. The van der Waals surface area contributed by atoms with Gasteiger partial charge in [0.15, 0.2) is 0 Å². The van der Waals surface area contributed by atoms with E-state index in [0.29, 0.717) is 18.0 Å². The third-order valence-corrected chi connectivity index (χ3v) is 5.08. The largest absolute Gasteiger partial charge is 0.494 e. The third-order valence-electron chi connectivity index (χ3n) is 5.08. The molecule has 28 heavy (non-hydrogen) atoms. The van der Waals surface area contributed by atoms with Crippen LogP contribution in [0.2, 0.25) is 0 Å². The number of hydrogen-bond donors (Lipinski definition) is 2. The molecule has 1 aliphatic carbocycles. The molecular formula is C22H25N3O3. The molecule has 0 unspecified atom stereocenters. The Morgan fingerprint density at radius 3 is 2.50 bits per heavy atom. The van der Waals surface area contributed by atoms with Crippen LogP contribution < -0.4 is 20.3 Å². The molecular weight excluding hydrogens is 354 g/mol. The Labute approximate surface area is 164 Å². The van der Waals surface area contributed by atoms with E-state index in [1.807, 2.05) is 42.2 Å². The van der Waals surface area contributed by atoms with Crippen LogP contribution in [0.1, 0.15) is 31.7 Å². The summed E-state index contributed by atoms with van der Waals surface area (Å²) in [6.07, 6.45) is 3.93. The molecule has 0 atom stereocenters. The summed E-state index contributed by atoms with van der Waals surface area (Å²) < 4.78 is 5.40. The van der Waals surface area contributed by atoms with Crippen molar-refractivity contribution in [1.82, 2.24) is 0 Å². The Balaban J connectivity index is 1.44. The van der Waals surface area contributed by atoms with Crippen LogP contribution in [-0.4, -0.2) is 25.1 Å². The predicted molar refractivity (Wildman–Crippen MR) is 110 cm³/mol. The molecule has 6 heteroatoms. The minimum absolute atomic E-state index is 0.186. The SMILES string of the molecule is CCOc1ccc(NC(=O)Nc2ccc3c(c2)N(C(=O)C2CC2)CCC3)cc1. The highest BCUT2D eigenvalue weighted by molar-refractivity contribution is 6.01. The molecule has 1 heterocycles. The number of urea groups is 1. The molecule has 0 spiro atoms. The Bertz CT molecular complexity index is 875. The minimum atomic E-state index is -0.319. The Kier molecular flexibility index (Phi) is 5.19. The average molecular weight is 379 g/mol. The number of nitrogens with zero attached hydrogens (tertiary/aromatic N) is 1. The second-order valence-electron chi connectivity index (χ2n) is 7.25. The van der Waals surface area contributed by atoms with Crippen LogP contribution >= 0.6 is 0 Å². The van der Waals surface area contributed by atoms with Gasteiger partial charge in [0.05, 0.1) is 6.61 Å². The predicted octanol–water partition coefficient (Wildman–Crippen LogP) is 4.42. The quantitative estimate of drug-likeness (QED) is 0.808. The average Bonchev–Trinajstić information content (AvgIpc) is 3.54. The fourth-order valence-corrected chi connectivity index (χ4v) is 3.53. The molecule has 2 aromatic carbocycles. The van der Waals surface area contributed by atoms with E-state index in [1.165, 1.54) is 0 Å². The van der Waals surface area contributed by atoms with Crippen molar-refractivity contribution >= 4 is 29.0 Å². The van der Waals surface area contributed by atoms with Crippen molar-refractivity contribution in [3.8, 4) is 5.75 Å². The maximum Gasteiger partial charge on any atom is 0.323 e. The van der Waals surface area contributed by atoms with Crippen LogP contribution in [0.3, 0.4) is 0 Å². The molecule has 4 rings (SSSR count). The van der Waals surface area contributed by atoms with E-state index in [2.05, 4.69) is 10.6 Å². The fraction of sp³-hybridized carbons (Fsp3) is 0.364. The first kappa shape index (κ1) is 18.3. The van der Waals surface area contributed by atoms with Crippen LogP contribution in [0.5, 0.6) is 5.75 Å². The molecule has 1 fully saturated rings. The van der Waals surface area contributed by atoms with Gasteiger partial charge in [-0.25, -0.2) is 4.79 Å². The van der Waals surface area contributed by atoms with Crippen molar-refractivity contribution in [1.29, 1.82) is 0 Å². The lowest BCUT2D eigenvalue weighted by molar-refractivity contribution is -0.119. The fourth-order valence-electron chi connectivity index (χ4n) is 3.53. The van der Waals surface area contributed by atoms with Gasteiger partial charge in [-0.1, -0.05) is 6.07 Å². The molecule has 6 nitrogen and oxygen atoms in total. The second kappa shape index (κ2) is 7.92. The van der Waals surface area contributed by atoms with Gasteiger partial charge in [-0.05, 0) is 74.6 Å². The lowest BCUT2D eigenvalue weighted by Crippen LogP contribution is -2.36. The summed E-state index contributed by atoms with van der Waals surface area (Å²) in [5.74, 6) is 1.17. The highest BCUT2D eigenvalue weighted by Crippen LogP contribution is 2.36. The van der Waals surface area contributed by atoms with Crippen molar-refractivity contribution in [2.45, 2.75) is 32.6 Å². The number of fused-ring (bicyclic) bond motifs is 1. The minimum Gasteiger partial charge on any atom is -0.494 e. The number of amides is 3. The van der Waals surface area contributed by atoms with Crippen molar-refractivity contribution < 1.29 is 14.3 Å². The molecule has 3 amide bonds. The van der Waals surface area contributed by atoms with Crippen molar-refractivity contribution in [3.05, 3.63) is 48.0 Å². The van der Waals surface area contributed by atoms with Gasteiger partial charge in [0, 0.05) is 29.5 Å². The first-order valence-electron chi connectivity index (χ1n) is 9.89. The smallest absolute Gasteiger partial charge is 0.323 e. The Morgan fingerprint density at radius 2 is 1.79 bits per heavy atom. The maximum absolute atomic E-state index is 12.6. The summed E-state index contributed by atoms with van der Waals surface area (Å²) in [4.78, 5) is 26.8. The van der Waals surface area contributed by atoms with Crippen molar-refractivity contribution in [2.24, 2.45) is 5.92 Å². The van der Waals surface area contributed by atoms with E-state index in [0.717, 1.165) is 49.2 Å². The van der Waals surface area contributed by atoms with Crippen molar-refractivity contribution in [2.75, 3.05) is 28.7 Å². The van der Waals surface area contributed by atoms with Crippen molar-refractivity contribution in [3.63, 3.8) is 0 Å². The first-order valence-corrected chi connectivity index (χ1v) is 9.89. The number of aryl methyl sites for hydroxylation is 1. The second-order valence-corrected chi connectivity index (χ2v) is 7.25. The third kappa shape index (κ3) is 4.11. The molecule has 146 valence electrons. The van der Waals surface area contributed by atoms with E-state index in [4.69, 9.17) is 4.74 Å². The number of nitrogens with one attached hydrogen (secondary N) is 2. The summed E-state index contributed by atoms with van der Waals surface area (Å²) in [7, 11) is 0. The van der Waals surface area contributed by atoms with Crippen LogP contribution in [0.25, 0.3) is 0 Å². The number of rotatable bonds is 5. The molecule has 2 aromatic rings. The topological polar surface area (TPSA) is 70.7 Å². The highest BCUT2D eigenvalue weighted by atomic mass is 16.5. The van der Waals surface area contributed by atoms with Crippen LogP contribution in [0.4, 0.5) is 21.9 Å². The Morgan fingerprint density at radius 1 is 1.07 bits per heavy atom. The van der Waals surface area contributed by atoms with Gasteiger partial charge < -0.3 is 20.3 Å². The zero-order chi connectivity index (χ0) is 19.5. The van der Waals surface area contributed by atoms with E-state index in [9.17, 15) is 9.59 Å². The van der Waals surface area contributed by atoms with E-state index in [-0.39, 0.29) is 17.9 Å². The molecule has 2 aliphatic rings. The lowest BCUT2D eigenvalue weighted by Gasteiger charge is -2.30. The van der Waals surface area contributed by atoms with Gasteiger partial charge in [0.1, 0.15) is 5.75 Å². The van der Waals surface area contributed by atoms with Gasteiger partial charge in [-0.3, -0.25) is 4.79 Å². The molecule has 1 saturated carbocycles. The summed E-state index contributed by atoms with van der Waals surface area (Å²) in [6, 6.07) is 12.7. The van der Waals surface area contributed by atoms with Gasteiger partial charge in [0.2, 0.25) is 5.91 Å². The molecule has 1 aliphatic heterocycles. The summed E-state index contributed by atoms with van der Waals surface area (Å²) in [6.45, 7) is 3.29. The van der Waals surface area contributed by atoms with Crippen LogP contribution in [-0.2, 0) is 11.2 Å². The van der Waals surface area contributed by atoms with Gasteiger partial charge in [-0.15, -0.1) is 0 Å². The molecule has 0 bridgehead atoms. The number of carbonyl (C=O) groups is 2. The van der Waals surface area contributed by atoms with E-state index in [1.54, 1.807) is 12.1 Å². The monoisotopic (exact) mass is 379 g/mol. The number of carbonyl (C=O) groups excluding carboxylic acids is 2. The van der Waals surface area contributed by atoms with Gasteiger partial charge in [-0.2, -0.15) is 0 Å². The molecule has 2 N–H and O–H groups in total. The lowest BCUT2D eigenvalue weighted by atomic mass is 10.0. The first-order chi connectivity index (χ1) is 13.6. The van der Waals surface area contributed by atoms with E-state index >= 15 is 0 Å². The van der Waals surface area contributed by atoms with Gasteiger partial charge in [0.25, 0.3) is 0 Å². The van der Waals surface area contributed by atoms with E-state index < -0.39 is 0 Å². The number of ether oxygens (including phenoxy) is 1. The number of benzene rings is 2. The number of anilines is 3. The normalized spacial score (nSPS) is 15.5. The molecule has 0 saturated heterocycles. The van der Waals surface area contributed by atoms with Crippen LogP contribution in [0, 0.1) is 5.92 Å². The van der Waals surface area contributed by atoms with Crippen LogP contribution in [0.15, 0.2) is 42.5 Å². The molecule has 0 radical (unpaired) electrons.